The van der Waals surface area contributed by atoms with Crippen LogP contribution in [-0.2, 0) is 33.9 Å². The van der Waals surface area contributed by atoms with E-state index < -0.39 is 69.4 Å². The second-order valence-electron chi connectivity index (χ2n) is 13.2. The predicted molar refractivity (Wildman–Crippen MR) is 200 cm³/mol. The minimum Gasteiger partial charge on any atom is -0.419 e. The average molecular weight is 780 g/mol. The Bertz CT molecular complexity index is 2030. The van der Waals surface area contributed by atoms with E-state index in [1.165, 1.54) is 53.4 Å². The van der Waals surface area contributed by atoms with Crippen molar-refractivity contribution in [3.05, 3.63) is 106 Å². The minimum atomic E-state index is -4.19. The summed E-state index contributed by atoms with van der Waals surface area (Å²) in [7, 11) is -4.19. The molecule has 2 atom stereocenters. The molecule has 54 heavy (non-hydrogen) atoms. The van der Waals surface area contributed by atoms with Crippen molar-refractivity contribution in [1.29, 1.82) is 0 Å². The lowest BCUT2D eigenvalue weighted by molar-refractivity contribution is -0.141. The Morgan fingerprint density at radius 1 is 0.833 bits per heavy atom. The zero-order chi connectivity index (χ0) is 39.7. The quantitative estimate of drug-likeness (QED) is 0.111. The number of ether oxygens (including phenoxy) is 1. The summed E-state index contributed by atoms with van der Waals surface area (Å²) in [5.41, 5.74) is 0.560. The van der Waals surface area contributed by atoms with Crippen LogP contribution in [0.4, 0.5) is 5.69 Å². The molecule has 0 spiro atoms. The highest BCUT2D eigenvalue weighted by atomic mass is 35.5. The lowest BCUT2D eigenvalue weighted by atomic mass is 10.0. The normalized spacial score (nSPS) is 15.2. The van der Waals surface area contributed by atoms with Crippen LogP contribution in [0.5, 0.6) is 0 Å². The summed E-state index contributed by atoms with van der Waals surface area (Å²) in [6.07, 6.45) is 0.796. The number of nitrogens with zero attached hydrogens (tertiary/aromatic N) is 1. The van der Waals surface area contributed by atoms with Crippen molar-refractivity contribution in [1.82, 2.24) is 20.3 Å². The highest BCUT2D eigenvalue weighted by Crippen LogP contribution is 2.24. The minimum absolute atomic E-state index is 0.0317. The van der Waals surface area contributed by atoms with Crippen LogP contribution < -0.4 is 20.7 Å². The number of nitrogens with one attached hydrogen (secondary N) is 4. The lowest BCUT2D eigenvalue weighted by Gasteiger charge is -2.31. The highest BCUT2D eigenvalue weighted by Gasteiger charge is 2.39. The topological polar surface area (TPSA) is 197 Å². The standard InChI is InChI=1S/C38H42ClN5O9S/c1-22(2)31(33(53-24(5)45)37(49)40-28-10-7-6-8-11-28)41-36(48)30-12-9-21-44(30)38(50)32(23(3)4)42-34(46)25-13-15-26(16-14-25)35(47)43-54(51,52)29-19-17-27(39)18-20-29/h6-8,10-11,13-20,22-23,30,32H,9,12,21H2,1-5H3,(H,40,49)(H,41,48)(H,42,46)(H,43,47)/b33-31+/t30-,32?/m0/s1. The lowest BCUT2D eigenvalue weighted by Crippen LogP contribution is -2.55. The maximum atomic E-state index is 14.0. The largest absolute Gasteiger partial charge is 0.419 e. The molecule has 0 bridgehead atoms. The van der Waals surface area contributed by atoms with E-state index in [1.54, 1.807) is 58.0 Å². The molecule has 0 saturated carbocycles. The van der Waals surface area contributed by atoms with Crippen LogP contribution in [0.2, 0.25) is 5.02 Å². The Balaban J connectivity index is 1.47. The fourth-order valence-electron chi connectivity index (χ4n) is 5.60. The van der Waals surface area contributed by atoms with E-state index in [2.05, 4.69) is 16.0 Å². The third-order valence-electron chi connectivity index (χ3n) is 8.38. The predicted octanol–water partition coefficient (Wildman–Crippen LogP) is 4.39. The third-order valence-corrected chi connectivity index (χ3v) is 9.98. The molecule has 0 aromatic heterocycles. The first-order valence-electron chi connectivity index (χ1n) is 17.1. The van der Waals surface area contributed by atoms with Crippen LogP contribution >= 0.6 is 11.6 Å². The molecule has 16 heteroatoms. The monoisotopic (exact) mass is 779 g/mol. The molecule has 14 nitrogen and oxygen atoms in total. The summed E-state index contributed by atoms with van der Waals surface area (Å²) in [6, 6.07) is 16.9. The van der Waals surface area contributed by atoms with Gasteiger partial charge in [0, 0.05) is 35.3 Å². The second kappa shape index (κ2) is 18.0. The van der Waals surface area contributed by atoms with Crippen molar-refractivity contribution in [3.63, 3.8) is 0 Å². The maximum Gasteiger partial charge on any atom is 0.308 e. The van der Waals surface area contributed by atoms with Gasteiger partial charge < -0.3 is 25.6 Å². The summed E-state index contributed by atoms with van der Waals surface area (Å²) in [4.78, 5) is 80.3. The first-order valence-corrected chi connectivity index (χ1v) is 19.0. The molecular weight excluding hydrogens is 738 g/mol. The molecule has 1 heterocycles. The smallest absolute Gasteiger partial charge is 0.308 e. The number of esters is 1. The number of hydrogen-bond donors (Lipinski definition) is 4. The van der Waals surface area contributed by atoms with E-state index in [-0.39, 0.29) is 34.0 Å². The van der Waals surface area contributed by atoms with Gasteiger partial charge >= 0.3 is 5.97 Å². The fraction of sp³-hybridized carbons (Fsp3) is 0.316. The maximum absolute atomic E-state index is 14.0. The molecule has 5 amide bonds. The Morgan fingerprint density at radius 3 is 1.98 bits per heavy atom. The number of carbonyl (C=O) groups excluding carboxylic acids is 6. The van der Waals surface area contributed by atoms with Gasteiger partial charge in [-0.1, -0.05) is 57.5 Å². The summed E-state index contributed by atoms with van der Waals surface area (Å²) in [5, 5.41) is 8.45. The highest BCUT2D eigenvalue weighted by molar-refractivity contribution is 7.90. The first-order chi connectivity index (χ1) is 25.5. The number of benzene rings is 3. The SMILES string of the molecule is CC(=O)O/C(C(=O)Nc1ccccc1)=C(/NC(=O)[C@@H]1CCCN1C(=O)C(NC(=O)c1ccc(C(=O)NS(=O)(=O)c2ccc(Cl)cc2)cc1)C(C)C)C(C)C. The van der Waals surface area contributed by atoms with Crippen molar-refractivity contribution in [3.8, 4) is 0 Å². The van der Waals surface area contributed by atoms with Crippen molar-refractivity contribution < 1.29 is 41.9 Å². The van der Waals surface area contributed by atoms with Gasteiger partial charge in [0.2, 0.25) is 17.6 Å². The zero-order valence-corrected chi connectivity index (χ0v) is 31.9. The molecule has 4 N–H and O–H groups in total. The second-order valence-corrected chi connectivity index (χ2v) is 15.3. The van der Waals surface area contributed by atoms with Gasteiger partial charge in [-0.05, 0) is 85.3 Å². The number of rotatable bonds is 13. The number of amides is 5. The third kappa shape index (κ3) is 10.5. The average Bonchev–Trinajstić information content (AvgIpc) is 3.62. The number of hydrogen-bond acceptors (Lipinski definition) is 9. The molecule has 0 radical (unpaired) electrons. The van der Waals surface area contributed by atoms with E-state index in [9.17, 15) is 37.2 Å². The van der Waals surface area contributed by atoms with Crippen molar-refractivity contribution >= 4 is 62.8 Å². The van der Waals surface area contributed by atoms with Crippen LogP contribution in [0, 0.1) is 11.8 Å². The number of para-hydroxylation sites is 1. The van der Waals surface area contributed by atoms with Gasteiger partial charge in [0.15, 0.2) is 0 Å². The summed E-state index contributed by atoms with van der Waals surface area (Å²) in [6.45, 7) is 8.25. The number of sulfonamides is 1. The van der Waals surface area contributed by atoms with E-state index in [0.717, 1.165) is 6.92 Å². The van der Waals surface area contributed by atoms with Gasteiger partial charge in [-0.15, -0.1) is 0 Å². The fourth-order valence-corrected chi connectivity index (χ4v) is 6.70. The van der Waals surface area contributed by atoms with Gasteiger partial charge in [-0.3, -0.25) is 28.8 Å². The number of allylic oxidation sites excluding steroid dienone is 1. The summed E-state index contributed by atoms with van der Waals surface area (Å²) >= 11 is 5.82. The van der Waals surface area contributed by atoms with Gasteiger partial charge in [-0.2, -0.15) is 0 Å². The van der Waals surface area contributed by atoms with Gasteiger partial charge in [0.1, 0.15) is 12.1 Å². The number of carbonyl (C=O) groups is 6. The van der Waals surface area contributed by atoms with E-state index >= 15 is 0 Å². The van der Waals surface area contributed by atoms with Crippen molar-refractivity contribution in [2.45, 2.75) is 64.4 Å². The van der Waals surface area contributed by atoms with Crippen LogP contribution in [0.3, 0.4) is 0 Å². The molecule has 1 fully saturated rings. The van der Waals surface area contributed by atoms with Crippen LogP contribution in [0.1, 0.15) is 68.2 Å². The van der Waals surface area contributed by atoms with E-state index in [1.807, 2.05) is 4.72 Å². The Kier molecular flexibility index (Phi) is 13.7. The van der Waals surface area contributed by atoms with Gasteiger partial charge in [0.05, 0.1) is 10.6 Å². The van der Waals surface area contributed by atoms with Gasteiger partial charge in [-0.25, -0.2) is 13.1 Å². The first kappa shape index (κ1) is 41.2. The molecule has 3 aromatic carbocycles. The van der Waals surface area contributed by atoms with Gasteiger partial charge in [0.25, 0.3) is 27.7 Å². The van der Waals surface area contributed by atoms with E-state index in [0.29, 0.717) is 23.6 Å². The van der Waals surface area contributed by atoms with E-state index in [4.69, 9.17) is 16.3 Å². The molecule has 3 aromatic rings. The van der Waals surface area contributed by atoms with Crippen molar-refractivity contribution in [2.24, 2.45) is 11.8 Å². The number of anilines is 1. The molecule has 286 valence electrons. The zero-order valence-electron chi connectivity index (χ0n) is 30.3. The molecule has 4 rings (SSSR count). The molecule has 1 unspecified atom stereocenters. The molecule has 1 saturated heterocycles. The van der Waals surface area contributed by atoms with Crippen LogP contribution in [-0.4, -0.2) is 67.5 Å². The van der Waals surface area contributed by atoms with Crippen LogP contribution in [0.15, 0.2) is 95.2 Å². The Hall–Kier alpha value is -5.54. The Labute approximate surface area is 318 Å². The number of halogens is 1. The van der Waals surface area contributed by atoms with Crippen LogP contribution in [0.25, 0.3) is 0 Å². The molecule has 1 aliphatic heterocycles. The summed E-state index contributed by atoms with van der Waals surface area (Å²) < 4.78 is 32.5. The summed E-state index contributed by atoms with van der Waals surface area (Å²) in [5.74, 6) is -5.45. The van der Waals surface area contributed by atoms with Crippen molar-refractivity contribution in [2.75, 3.05) is 11.9 Å². The molecule has 0 aliphatic carbocycles. The number of likely N-dealkylation sites (tertiary alicyclic amines) is 1. The molecular formula is C38H42ClN5O9S. The molecule has 1 aliphatic rings. The Morgan fingerprint density at radius 2 is 1.43 bits per heavy atom.